The molecule has 2 N–H and O–H groups in total. The van der Waals surface area contributed by atoms with Crippen LogP contribution in [0.1, 0.15) is 116 Å². The van der Waals surface area contributed by atoms with E-state index in [-0.39, 0.29) is 37.2 Å². The molecule has 0 fully saturated rings. The van der Waals surface area contributed by atoms with Crippen molar-refractivity contribution in [3.05, 3.63) is 0 Å². The maximum Gasteiger partial charge on any atom is 0.407 e. The molecule has 0 radical (unpaired) electrons. The molecule has 0 aliphatic rings. The molecule has 1 atom stereocenters. The maximum atomic E-state index is 11.9. The maximum absolute atomic E-state index is 11.9. The number of rotatable bonds is 26. The number of nitrogens with zero attached hydrogens (tertiary/aromatic N) is 1. The van der Waals surface area contributed by atoms with Crippen LogP contribution < -0.4 is 34.6 Å². The first-order chi connectivity index (χ1) is 18.3. The Morgan fingerprint density at radius 2 is 0.974 bits per heavy atom. The van der Waals surface area contributed by atoms with Crippen LogP contribution in [0.2, 0.25) is 0 Å². The molecule has 2 amide bonds. The predicted octanol–water partition coefficient (Wildman–Crippen LogP) is 3.82. The van der Waals surface area contributed by atoms with Crippen LogP contribution in [-0.2, 0) is 14.2 Å². The van der Waals surface area contributed by atoms with Crippen LogP contribution in [0.15, 0.2) is 0 Å². The summed E-state index contributed by atoms with van der Waals surface area (Å²) in [4.78, 5) is 23.7. The molecule has 234 valence electrons. The Morgan fingerprint density at radius 1 is 0.615 bits per heavy atom. The first-order valence-electron chi connectivity index (χ1n) is 15.4. The molecular weight excluding hydrogens is 609 g/mol. The Hall–Kier alpha value is -0.810. The normalized spacial score (nSPS) is 11.9. The number of carbonyl (C=O) groups excluding carboxylic acids is 2. The van der Waals surface area contributed by atoms with E-state index >= 15 is 0 Å². The number of amides is 2. The molecule has 0 bridgehead atoms. The third-order valence-electron chi connectivity index (χ3n) is 6.71. The van der Waals surface area contributed by atoms with Crippen molar-refractivity contribution < 1.29 is 52.3 Å². The molecule has 0 aromatic heterocycles. The quantitative estimate of drug-likeness (QED) is 0.0831. The van der Waals surface area contributed by atoms with Crippen LogP contribution in [0, 0.1) is 0 Å². The number of carbonyl (C=O) groups is 2. The second kappa shape index (κ2) is 28.7. The van der Waals surface area contributed by atoms with Gasteiger partial charge in [0.1, 0.15) is 19.3 Å². The third kappa shape index (κ3) is 31.6. The molecule has 1 unspecified atom stereocenters. The number of methoxy groups -OCH3 is 1. The Morgan fingerprint density at radius 3 is 1.33 bits per heavy atom. The lowest BCUT2D eigenvalue weighted by atomic mass is 10.0. The van der Waals surface area contributed by atoms with Crippen molar-refractivity contribution in [1.82, 2.24) is 10.6 Å². The minimum absolute atomic E-state index is 0. The number of quaternary nitrogens is 1. The average molecular weight is 672 g/mol. The van der Waals surface area contributed by atoms with Crippen molar-refractivity contribution in [2.75, 3.05) is 61.1 Å². The van der Waals surface area contributed by atoms with E-state index in [2.05, 4.69) is 38.7 Å². The number of alkyl carbamates (subject to hydrolysis) is 2. The summed E-state index contributed by atoms with van der Waals surface area (Å²) in [5.74, 6) is 0. The number of ether oxygens (including phenoxy) is 3. The number of hydrogen-bond donors (Lipinski definition) is 2. The van der Waals surface area contributed by atoms with Gasteiger partial charge in [-0.05, 0) is 6.42 Å². The van der Waals surface area contributed by atoms with Gasteiger partial charge in [-0.2, -0.15) is 0 Å². The monoisotopic (exact) mass is 671 g/mol. The first-order valence-corrected chi connectivity index (χ1v) is 15.4. The highest BCUT2D eigenvalue weighted by Crippen LogP contribution is 2.13. The Balaban J connectivity index is 0. The van der Waals surface area contributed by atoms with Gasteiger partial charge in [0.15, 0.2) is 0 Å². The Labute approximate surface area is 257 Å². The van der Waals surface area contributed by atoms with E-state index < -0.39 is 18.3 Å². The van der Waals surface area contributed by atoms with Crippen LogP contribution >= 0.6 is 0 Å². The molecular formula is C30H62IN3O5. The summed E-state index contributed by atoms with van der Waals surface area (Å²) in [5.41, 5.74) is 0. The molecule has 0 aliphatic carbocycles. The van der Waals surface area contributed by atoms with Crippen molar-refractivity contribution >= 4 is 12.2 Å². The van der Waals surface area contributed by atoms with Crippen molar-refractivity contribution in [2.45, 2.75) is 122 Å². The molecule has 0 aliphatic heterocycles. The first kappa shape index (κ1) is 40.3. The van der Waals surface area contributed by atoms with Crippen LogP contribution in [0.3, 0.4) is 0 Å². The number of hydrogen-bond acceptors (Lipinski definition) is 5. The Kier molecular flexibility index (Phi) is 29.7. The standard InChI is InChI=1S/C30H61N3O5.HI/c1-6-7-8-9-10-11-12-13-14-15-16-17-18-19-20-21-23-31-29(34)37-26-28(36-5)27-38-30(35)32-24-22-25-33(2,3)4;/h28H,6-27H2,1-5H3,(H-,31,32,34,35);1H. The van der Waals surface area contributed by atoms with Gasteiger partial charge in [-0.1, -0.05) is 103 Å². The lowest BCUT2D eigenvalue weighted by molar-refractivity contribution is -0.870. The van der Waals surface area contributed by atoms with E-state index in [1.165, 1.54) is 97.0 Å². The van der Waals surface area contributed by atoms with Gasteiger partial charge in [0, 0.05) is 26.6 Å². The topological polar surface area (TPSA) is 85.9 Å². The zero-order valence-corrected chi connectivity index (χ0v) is 28.2. The summed E-state index contributed by atoms with van der Waals surface area (Å²) >= 11 is 0. The summed E-state index contributed by atoms with van der Waals surface area (Å²) < 4.78 is 16.5. The van der Waals surface area contributed by atoms with E-state index in [4.69, 9.17) is 14.2 Å². The smallest absolute Gasteiger partial charge is 0.407 e. The zero-order valence-electron chi connectivity index (χ0n) is 26.0. The molecule has 0 heterocycles. The number of halogens is 1. The third-order valence-corrected chi connectivity index (χ3v) is 6.71. The lowest BCUT2D eigenvalue weighted by Crippen LogP contribution is -3.00. The van der Waals surface area contributed by atoms with E-state index in [1.807, 2.05) is 0 Å². The molecule has 0 aromatic rings. The minimum atomic E-state index is -0.492. The summed E-state index contributed by atoms with van der Waals surface area (Å²) in [6, 6.07) is 0. The predicted molar refractivity (Wildman–Crippen MR) is 157 cm³/mol. The molecule has 0 saturated heterocycles. The number of unbranched alkanes of at least 4 members (excludes halogenated alkanes) is 15. The molecule has 39 heavy (non-hydrogen) atoms. The van der Waals surface area contributed by atoms with Crippen LogP contribution in [0.4, 0.5) is 9.59 Å². The van der Waals surface area contributed by atoms with Crippen LogP contribution in [-0.4, -0.2) is 83.9 Å². The second-order valence-electron chi connectivity index (χ2n) is 11.6. The van der Waals surface area contributed by atoms with Gasteiger partial charge < -0.3 is 53.3 Å². The molecule has 8 nitrogen and oxygen atoms in total. The van der Waals surface area contributed by atoms with E-state index in [1.54, 1.807) is 0 Å². The van der Waals surface area contributed by atoms with E-state index in [0.29, 0.717) is 13.1 Å². The van der Waals surface area contributed by atoms with Gasteiger partial charge >= 0.3 is 12.2 Å². The highest BCUT2D eigenvalue weighted by atomic mass is 127. The van der Waals surface area contributed by atoms with E-state index in [9.17, 15) is 9.59 Å². The van der Waals surface area contributed by atoms with Gasteiger partial charge in [0.05, 0.1) is 27.7 Å². The van der Waals surface area contributed by atoms with Gasteiger partial charge in [-0.15, -0.1) is 0 Å². The van der Waals surface area contributed by atoms with E-state index in [0.717, 1.165) is 30.3 Å². The fourth-order valence-corrected chi connectivity index (χ4v) is 4.23. The molecule has 9 heteroatoms. The minimum Gasteiger partial charge on any atom is -1.00 e. The average Bonchev–Trinajstić information content (AvgIpc) is 2.88. The van der Waals surface area contributed by atoms with Crippen molar-refractivity contribution in [2.24, 2.45) is 0 Å². The largest absolute Gasteiger partial charge is 1.00 e. The fourth-order valence-electron chi connectivity index (χ4n) is 4.23. The van der Waals surface area contributed by atoms with Crippen molar-refractivity contribution in [3.63, 3.8) is 0 Å². The summed E-state index contributed by atoms with van der Waals surface area (Å²) in [6.07, 6.45) is 20.7. The summed E-state index contributed by atoms with van der Waals surface area (Å²) in [5, 5.41) is 5.51. The number of nitrogens with one attached hydrogen (secondary N) is 2. The van der Waals surface area contributed by atoms with Gasteiger partial charge in [0.25, 0.3) is 0 Å². The summed E-state index contributed by atoms with van der Waals surface area (Å²) in [7, 11) is 7.83. The van der Waals surface area contributed by atoms with Crippen molar-refractivity contribution in [1.29, 1.82) is 0 Å². The molecule has 0 saturated carbocycles. The van der Waals surface area contributed by atoms with Gasteiger partial charge in [0.2, 0.25) is 0 Å². The zero-order chi connectivity index (χ0) is 28.3. The Bertz CT molecular complexity index is 561. The lowest BCUT2D eigenvalue weighted by Gasteiger charge is -2.23. The molecule has 0 rings (SSSR count). The summed E-state index contributed by atoms with van der Waals surface area (Å²) in [6.45, 7) is 4.48. The highest BCUT2D eigenvalue weighted by Gasteiger charge is 2.14. The second-order valence-corrected chi connectivity index (χ2v) is 11.6. The van der Waals surface area contributed by atoms with Gasteiger partial charge in [-0.3, -0.25) is 0 Å². The fraction of sp³-hybridized carbons (Fsp3) is 0.933. The highest BCUT2D eigenvalue weighted by molar-refractivity contribution is 5.67. The molecule has 0 spiro atoms. The van der Waals surface area contributed by atoms with Gasteiger partial charge in [-0.25, -0.2) is 9.59 Å². The van der Waals surface area contributed by atoms with Crippen molar-refractivity contribution in [3.8, 4) is 0 Å². The molecule has 0 aromatic carbocycles. The van der Waals surface area contributed by atoms with Crippen LogP contribution in [0.5, 0.6) is 0 Å². The van der Waals surface area contributed by atoms with Crippen LogP contribution in [0.25, 0.3) is 0 Å². The SMILES string of the molecule is CCCCCCCCCCCCCCCCCCNC(=O)OCC(COC(=O)NCCC[N+](C)(C)C)OC.[I-].